The van der Waals surface area contributed by atoms with Crippen molar-refractivity contribution in [2.24, 2.45) is 0 Å². The molecule has 1 aromatic rings. The molecule has 0 atom stereocenters. The number of rotatable bonds is 0. The summed E-state index contributed by atoms with van der Waals surface area (Å²) >= 11 is 0. The average Bonchev–Trinajstić information content (AvgIpc) is 1.77. The molecular weight excluding hydrogens is 116 g/mol. The van der Waals surface area contributed by atoms with Crippen molar-refractivity contribution in [3.63, 3.8) is 0 Å². The van der Waals surface area contributed by atoms with Crippen LogP contribution in [0.15, 0.2) is 18.8 Å². The second-order valence-electron chi connectivity index (χ2n) is 0.932. The van der Waals surface area contributed by atoms with Crippen molar-refractivity contribution in [1.82, 2.24) is 10.4 Å². The first-order valence-electron chi connectivity index (χ1n) is 1.64. The molecule has 8 heavy (non-hydrogen) atoms. The molecule has 0 aliphatic carbocycles. The van der Waals surface area contributed by atoms with Crippen LogP contribution in [0.25, 0.3) is 0 Å². The van der Waals surface area contributed by atoms with Gasteiger partial charge in [0.25, 0.3) is 0 Å². The van der Waals surface area contributed by atoms with E-state index < -0.39 is 11.2 Å². The largest absolute Gasteiger partial charge is 0.449 e. The summed E-state index contributed by atoms with van der Waals surface area (Å²) < 4.78 is 7.28. The first kappa shape index (κ1) is 4.69. The summed E-state index contributed by atoms with van der Waals surface area (Å²) in [7, 11) is 0. The second kappa shape index (κ2) is 1.57. The Bertz CT molecular complexity index is 243. The summed E-state index contributed by atoms with van der Waals surface area (Å²) in [4.78, 5) is 19.9. The Morgan fingerprint density at radius 3 is 2.50 bits per heavy atom. The van der Waals surface area contributed by atoms with E-state index in [2.05, 4.69) is 19.6 Å². The molecule has 0 amide bonds. The van der Waals surface area contributed by atoms with Crippen LogP contribution in [0.4, 0.5) is 0 Å². The molecule has 42 valence electrons. The minimum absolute atomic E-state index is 1.06. The third-order valence-electron chi connectivity index (χ3n) is 0.453. The Morgan fingerprint density at radius 1 is 1.38 bits per heavy atom. The third kappa shape index (κ3) is 0.625. The van der Waals surface area contributed by atoms with Crippen molar-refractivity contribution in [3.8, 4) is 0 Å². The molecule has 0 spiro atoms. The van der Waals surface area contributed by atoms with E-state index in [0.29, 0.717) is 0 Å². The van der Waals surface area contributed by atoms with Crippen molar-refractivity contribution >= 4 is 0 Å². The maximum atomic E-state index is 9.98. The summed E-state index contributed by atoms with van der Waals surface area (Å²) in [6.45, 7) is 0. The van der Waals surface area contributed by atoms with Gasteiger partial charge in [0.15, 0.2) is 0 Å². The number of hydrogen-bond acceptors (Lipinski definition) is 6. The van der Waals surface area contributed by atoms with E-state index in [1.807, 2.05) is 0 Å². The molecule has 1 heterocycles. The summed E-state index contributed by atoms with van der Waals surface area (Å²) in [5, 5.41) is 5.34. The quantitative estimate of drug-likeness (QED) is 0.299. The second-order valence-corrected chi connectivity index (χ2v) is 0.932. The molecule has 6 nitrogen and oxygen atoms in total. The van der Waals surface area contributed by atoms with Crippen LogP contribution in [0.1, 0.15) is 0 Å². The number of nitrogens with zero attached hydrogens (tertiary/aromatic N) is 2. The van der Waals surface area contributed by atoms with Crippen LogP contribution in [0.5, 0.6) is 0 Å². The monoisotopic (exact) mass is 116 g/mol. The fourth-order valence-electron chi connectivity index (χ4n) is 0.181. The molecule has 0 saturated heterocycles. The van der Waals surface area contributed by atoms with Crippen molar-refractivity contribution in [2.45, 2.75) is 0 Å². The van der Waals surface area contributed by atoms with Crippen LogP contribution < -0.4 is 11.2 Å². The van der Waals surface area contributed by atoms with Crippen molar-refractivity contribution in [2.75, 3.05) is 0 Å². The maximum absolute atomic E-state index is 9.98. The van der Waals surface area contributed by atoms with Crippen LogP contribution in [0.3, 0.4) is 0 Å². The fourth-order valence-corrected chi connectivity index (χ4v) is 0.181. The van der Waals surface area contributed by atoms with Gasteiger partial charge in [-0.05, 0) is 0 Å². The first-order valence-corrected chi connectivity index (χ1v) is 1.64. The van der Waals surface area contributed by atoms with E-state index in [0.717, 1.165) is 0 Å². The van der Waals surface area contributed by atoms with Gasteiger partial charge in [0.1, 0.15) is 0 Å². The molecule has 0 fully saturated rings. The van der Waals surface area contributed by atoms with Crippen LogP contribution >= 0.6 is 0 Å². The Morgan fingerprint density at radius 2 is 2.12 bits per heavy atom. The Hall–Kier alpha value is -1.46. The van der Waals surface area contributed by atoms with Crippen molar-refractivity contribution in [1.29, 1.82) is 0 Å². The Balaban J connectivity index is 3.59. The van der Waals surface area contributed by atoms with Gasteiger partial charge in [0, 0.05) is 0 Å². The van der Waals surface area contributed by atoms with E-state index in [1.165, 1.54) is 0 Å². The zero-order valence-corrected chi connectivity index (χ0v) is 3.53. The lowest BCUT2D eigenvalue weighted by Gasteiger charge is -1.68. The first-order chi connectivity index (χ1) is 3.80. The molecule has 0 aromatic carbocycles. The van der Waals surface area contributed by atoms with Gasteiger partial charge in [-0.25, -0.2) is 9.37 Å². The molecule has 6 heteroatoms. The normalized spacial score (nSPS) is 9.00. The van der Waals surface area contributed by atoms with E-state index in [-0.39, 0.29) is 0 Å². The molecule has 1 rings (SSSR count). The minimum Gasteiger partial charge on any atom is -0.257 e. The lowest BCUT2D eigenvalue weighted by atomic mass is 10.9. The van der Waals surface area contributed by atoms with E-state index in [1.54, 1.807) is 0 Å². The highest BCUT2D eigenvalue weighted by Crippen LogP contribution is 1.51. The van der Waals surface area contributed by atoms with E-state index >= 15 is 0 Å². The summed E-state index contributed by atoms with van der Waals surface area (Å²) in [5.41, 5.74) is -2.21. The SMILES string of the molecule is O=c1nnooc1=O. The summed E-state index contributed by atoms with van der Waals surface area (Å²) in [5.74, 6) is 0. The van der Waals surface area contributed by atoms with Crippen LogP contribution in [-0.4, -0.2) is 10.4 Å². The topological polar surface area (TPSA) is 86.2 Å². The van der Waals surface area contributed by atoms with Gasteiger partial charge in [-0.15, -0.1) is 4.68 Å². The van der Waals surface area contributed by atoms with Gasteiger partial charge in [-0.3, -0.25) is 4.79 Å². The summed E-state index contributed by atoms with van der Waals surface area (Å²) in [6.07, 6.45) is 0. The highest BCUT2D eigenvalue weighted by atomic mass is 17.0. The molecule has 0 saturated carbocycles. The molecule has 1 aromatic heterocycles. The molecule has 0 radical (unpaired) electrons. The predicted molar refractivity (Wildman–Crippen MR) is 19.1 cm³/mol. The number of aromatic nitrogens is 2. The minimum atomic E-state index is -1.15. The lowest BCUT2D eigenvalue weighted by Crippen LogP contribution is -2.25. The molecule has 0 unspecified atom stereocenters. The van der Waals surface area contributed by atoms with Crippen LogP contribution in [0, 0.1) is 0 Å². The van der Waals surface area contributed by atoms with E-state index in [9.17, 15) is 9.59 Å². The van der Waals surface area contributed by atoms with Gasteiger partial charge in [0.05, 0.1) is 5.27 Å². The van der Waals surface area contributed by atoms with Crippen molar-refractivity contribution < 1.29 is 9.26 Å². The molecule has 0 N–H and O–H groups in total. The fraction of sp³-hybridized carbons (Fsp3) is 0. The van der Waals surface area contributed by atoms with Gasteiger partial charge < -0.3 is 0 Å². The standard InChI is InChI=1S/C2N2O4/c5-1-2(6)7-8-4-3-1. The molecule has 0 bridgehead atoms. The lowest BCUT2D eigenvalue weighted by molar-refractivity contribution is -0.0432. The van der Waals surface area contributed by atoms with Gasteiger partial charge in [0.2, 0.25) is 0 Å². The highest BCUT2D eigenvalue weighted by Gasteiger charge is 1.92. The molecule has 0 aliphatic rings. The average molecular weight is 116 g/mol. The zero-order chi connectivity index (χ0) is 5.98. The Kier molecular flexibility index (Phi) is 0.918. The van der Waals surface area contributed by atoms with Crippen molar-refractivity contribution in [3.05, 3.63) is 20.8 Å². The van der Waals surface area contributed by atoms with Gasteiger partial charge >= 0.3 is 11.2 Å². The van der Waals surface area contributed by atoms with Crippen LogP contribution in [-0.2, 0) is 0 Å². The zero-order valence-electron chi connectivity index (χ0n) is 3.53. The van der Waals surface area contributed by atoms with Crippen LogP contribution in [0.2, 0.25) is 0 Å². The summed E-state index contributed by atoms with van der Waals surface area (Å²) in [6, 6.07) is 0. The Labute approximate surface area is 41.6 Å². The van der Waals surface area contributed by atoms with Gasteiger partial charge in [-0.2, -0.15) is 0 Å². The third-order valence-corrected chi connectivity index (χ3v) is 0.453. The molecule has 0 aliphatic heterocycles. The maximum Gasteiger partial charge on any atom is 0.449 e. The van der Waals surface area contributed by atoms with E-state index in [4.69, 9.17) is 0 Å². The number of hydrogen-bond donors (Lipinski definition) is 0. The highest BCUT2D eigenvalue weighted by molar-refractivity contribution is 4.57. The smallest absolute Gasteiger partial charge is 0.257 e. The van der Waals surface area contributed by atoms with Gasteiger partial charge in [-0.1, -0.05) is 5.10 Å². The predicted octanol–water partition coefficient (Wildman–Crippen LogP) is -1.62. The molecular formula is C2N2O4.